The number of ether oxygens (including phenoxy) is 1. The fourth-order valence-electron chi connectivity index (χ4n) is 3.17. The average molecular weight is 406 g/mol. The third kappa shape index (κ3) is 4.10. The van der Waals surface area contributed by atoms with Gasteiger partial charge in [-0.3, -0.25) is 0 Å². The van der Waals surface area contributed by atoms with Crippen molar-refractivity contribution in [3.63, 3.8) is 0 Å². The highest BCUT2D eigenvalue weighted by Crippen LogP contribution is 2.32. The molecular weight excluding hydrogens is 385 g/mol. The van der Waals surface area contributed by atoms with E-state index in [9.17, 15) is 0 Å². The Morgan fingerprint density at radius 1 is 1.22 bits per heavy atom. The SMILES string of the molecule is CC(C)Oc1ccc(-c2nc(-c3cccc4c3CCNC4)no2)cc1Cl.Cl. The van der Waals surface area contributed by atoms with Crippen molar-refractivity contribution in [3.8, 4) is 28.6 Å². The molecule has 0 amide bonds. The van der Waals surface area contributed by atoms with E-state index >= 15 is 0 Å². The zero-order chi connectivity index (χ0) is 18.1. The van der Waals surface area contributed by atoms with Crippen molar-refractivity contribution >= 4 is 24.0 Å². The fourth-order valence-corrected chi connectivity index (χ4v) is 3.40. The van der Waals surface area contributed by atoms with Crippen molar-refractivity contribution in [2.45, 2.75) is 32.9 Å². The first-order valence-electron chi connectivity index (χ1n) is 8.74. The third-order valence-electron chi connectivity index (χ3n) is 4.35. The van der Waals surface area contributed by atoms with Gasteiger partial charge in [-0.05, 0) is 56.1 Å². The zero-order valence-corrected chi connectivity index (χ0v) is 16.7. The van der Waals surface area contributed by atoms with Crippen LogP contribution in [0.15, 0.2) is 40.9 Å². The lowest BCUT2D eigenvalue weighted by molar-refractivity contribution is 0.242. The molecule has 0 saturated carbocycles. The largest absolute Gasteiger partial charge is 0.489 e. The van der Waals surface area contributed by atoms with E-state index in [1.807, 2.05) is 38.1 Å². The van der Waals surface area contributed by atoms with E-state index < -0.39 is 0 Å². The van der Waals surface area contributed by atoms with Gasteiger partial charge in [-0.2, -0.15) is 4.98 Å². The molecule has 1 aromatic heterocycles. The van der Waals surface area contributed by atoms with E-state index in [0.29, 0.717) is 22.5 Å². The van der Waals surface area contributed by atoms with Crippen LogP contribution in [0.3, 0.4) is 0 Å². The van der Waals surface area contributed by atoms with Crippen molar-refractivity contribution in [2.75, 3.05) is 6.54 Å². The molecule has 2 aromatic carbocycles. The molecule has 1 N–H and O–H groups in total. The standard InChI is InChI=1S/C20H20ClN3O2.ClH/c1-12(2)25-18-7-6-13(10-17(18)21)20-23-19(24-26-20)16-5-3-4-14-11-22-9-8-15(14)16;/h3-7,10,12,22H,8-9,11H2,1-2H3;1H. The summed E-state index contributed by atoms with van der Waals surface area (Å²) in [6.07, 6.45) is 1.02. The van der Waals surface area contributed by atoms with Gasteiger partial charge in [-0.1, -0.05) is 35.0 Å². The van der Waals surface area contributed by atoms with Crippen molar-refractivity contribution in [2.24, 2.45) is 0 Å². The van der Waals surface area contributed by atoms with Crippen LogP contribution in [0.2, 0.25) is 5.02 Å². The third-order valence-corrected chi connectivity index (χ3v) is 4.64. The van der Waals surface area contributed by atoms with E-state index in [4.69, 9.17) is 20.9 Å². The summed E-state index contributed by atoms with van der Waals surface area (Å²) < 4.78 is 11.2. The summed E-state index contributed by atoms with van der Waals surface area (Å²) in [6, 6.07) is 11.7. The maximum absolute atomic E-state index is 6.32. The van der Waals surface area contributed by atoms with Crippen LogP contribution in [0.4, 0.5) is 0 Å². The number of aromatic nitrogens is 2. The number of fused-ring (bicyclic) bond motifs is 1. The molecule has 0 atom stereocenters. The Bertz CT molecular complexity index is 941. The van der Waals surface area contributed by atoms with Gasteiger partial charge < -0.3 is 14.6 Å². The highest BCUT2D eigenvalue weighted by atomic mass is 35.5. The van der Waals surface area contributed by atoms with Crippen LogP contribution in [0.25, 0.3) is 22.8 Å². The van der Waals surface area contributed by atoms with Gasteiger partial charge in [0.25, 0.3) is 5.89 Å². The van der Waals surface area contributed by atoms with Crippen LogP contribution in [0.1, 0.15) is 25.0 Å². The van der Waals surface area contributed by atoms with Crippen LogP contribution < -0.4 is 10.1 Å². The molecule has 4 rings (SSSR count). The lowest BCUT2D eigenvalue weighted by Gasteiger charge is -2.18. The van der Waals surface area contributed by atoms with Crippen LogP contribution >= 0.6 is 24.0 Å². The first-order chi connectivity index (χ1) is 12.6. The molecule has 142 valence electrons. The molecule has 5 nitrogen and oxygen atoms in total. The molecule has 7 heteroatoms. The molecular formula is C20H21Cl2N3O2. The van der Waals surface area contributed by atoms with Gasteiger partial charge in [-0.15, -0.1) is 12.4 Å². The molecule has 1 aliphatic heterocycles. The smallest absolute Gasteiger partial charge is 0.258 e. The van der Waals surface area contributed by atoms with Gasteiger partial charge >= 0.3 is 0 Å². The Balaban J connectivity index is 0.00000210. The van der Waals surface area contributed by atoms with Gasteiger partial charge in [0.1, 0.15) is 5.75 Å². The van der Waals surface area contributed by atoms with E-state index in [2.05, 4.69) is 21.5 Å². The second kappa shape index (κ2) is 8.30. The van der Waals surface area contributed by atoms with Crippen LogP contribution in [0, 0.1) is 0 Å². The zero-order valence-electron chi connectivity index (χ0n) is 15.2. The average Bonchev–Trinajstić information content (AvgIpc) is 3.12. The van der Waals surface area contributed by atoms with Gasteiger partial charge in [0.15, 0.2) is 0 Å². The minimum absolute atomic E-state index is 0. The highest BCUT2D eigenvalue weighted by molar-refractivity contribution is 6.32. The summed E-state index contributed by atoms with van der Waals surface area (Å²) in [7, 11) is 0. The van der Waals surface area contributed by atoms with Crippen LogP contribution in [0.5, 0.6) is 5.75 Å². The van der Waals surface area contributed by atoms with Crippen molar-refractivity contribution < 1.29 is 9.26 Å². The van der Waals surface area contributed by atoms with E-state index in [1.54, 1.807) is 6.07 Å². The van der Waals surface area contributed by atoms with E-state index in [1.165, 1.54) is 11.1 Å². The molecule has 3 aromatic rings. The molecule has 0 bridgehead atoms. The number of benzene rings is 2. The molecule has 0 fully saturated rings. The van der Waals surface area contributed by atoms with Crippen molar-refractivity contribution in [3.05, 3.63) is 52.5 Å². The second-order valence-corrected chi connectivity index (χ2v) is 7.01. The van der Waals surface area contributed by atoms with E-state index in [-0.39, 0.29) is 18.5 Å². The first kappa shape index (κ1) is 19.7. The number of nitrogens with one attached hydrogen (secondary N) is 1. The molecule has 0 radical (unpaired) electrons. The molecule has 0 saturated heterocycles. The Hall–Kier alpha value is -2.08. The Labute approximate surface area is 169 Å². The minimum atomic E-state index is 0. The molecule has 2 heterocycles. The Morgan fingerprint density at radius 3 is 2.85 bits per heavy atom. The van der Waals surface area contributed by atoms with Gasteiger partial charge in [0, 0.05) is 17.7 Å². The Morgan fingerprint density at radius 2 is 2.07 bits per heavy atom. The number of hydrogen-bond acceptors (Lipinski definition) is 5. The van der Waals surface area contributed by atoms with Gasteiger partial charge in [-0.25, -0.2) is 0 Å². The summed E-state index contributed by atoms with van der Waals surface area (Å²) in [6.45, 7) is 5.76. The number of rotatable bonds is 4. The Kier molecular flexibility index (Phi) is 6.05. The molecule has 0 spiro atoms. The molecule has 0 unspecified atom stereocenters. The lowest BCUT2D eigenvalue weighted by Crippen LogP contribution is -2.24. The molecule has 0 aliphatic carbocycles. The normalized spacial score (nSPS) is 13.2. The predicted molar refractivity (Wildman–Crippen MR) is 109 cm³/mol. The second-order valence-electron chi connectivity index (χ2n) is 6.60. The first-order valence-corrected chi connectivity index (χ1v) is 9.12. The lowest BCUT2D eigenvalue weighted by atomic mass is 9.95. The summed E-state index contributed by atoms with van der Waals surface area (Å²) >= 11 is 6.32. The molecule has 27 heavy (non-hydrogen) atoms. The minimum Gasteiger partial charge on any atom is -0.489 e. The van der Waals surface area contributed by atoms with Gasteiger partial charge in [0.05, 0.1) is 11.1 Å². The van der Waals surface area contributed by atoms with Gasteiger partial charge in [0.2, 0.25) is 5.82 Å². The molecule has 1 aliphatic rings. The van der Waals surface area contributed by atoms with Crippen molar-refractivity contribution in [1.29, 1.82) is 0 Å². The quantitative estimate of drug-likeness (QED) is 0.667. The maximum atomic E-state index is 6.32. The highest BCUT2D eigenvalue weighted by Gasteiger charge is 2.18. The number of nitrogens with zero attached hydrogens (tertiary/aromatic N) is 2. The topological polar surface area (TPSA) is 60.2 Å². The van der Waals surface area contributed by atoms with Crippen molar-refractivity contribution in [1.82, 2.24) is 15.5 Å². The summed E-state index contributed by atoms with van der Waals surface area (Å²) in [4.78, 5) is 4.59. The van der Waals surface area contributed by atoms with Crippen LogP contribution in [-0.2, 0) is 13.0 Å². The number of halogens is 2. The summed E-state index contributed by atoms with van der Waals surface area (Å²) in [5.41, 5.74) is 4.39. The summed E-state index contributed by atoms with van der Waals surface area (Å²) in [5, 5.41) is 8.10. The predicted octanol–water partition coefficient (Wildman–Crippen LogP) is 4.91. The summed E-state index contributed by atoms with van der Waals surface area (Å²) in [5.74, 6) is 1.71. The maximum Gasteiger partial charge on any atom is 0.258 e. The van der Waals surface area contributed by atoms with E-state index in [0.717, 1.165) is 30.6 Å². The number of hydrogen-bond donors (Lipinski definition) is 1. The van der Waals surface area contributed by atoms with Crippen LogP contribution in [-0.4, -0.2) is 22.8 Å². The monoisotopic (exact) mass is 405 g/mol. The fraction of sp³-hybridized carbons (Fsp3) is 0.300.